The molecule has 0 unspecified atom stereocenters. The molecule has 0 fully saturated rings. The van der Waals surface area contributed by atoms with Gasteiger partial charge in [0.2, 0.25) is 0 Å². The number of hydrogen-bond acceptors (Lipinski definition) is 2. The Hall–Kier alpha value is -0.703. The first-order valence-electron chi connectivity index (χ1n) is 3.36. The van der Waals surface area contributed by atoms with Crippen molar-refractivity contribution in [3.05, 3.63) is 18.7 Å². The van der Waals surface area contributed by atoms with E-state index in [2.05, 4.69) is 29.6 Å². The Bertz CT molecular complexity index is 203. The third-order valence-electron chi connectivity index (χ3n) is 1.43. The summed E-state index contributed by atoms with van der Waals surface area (Å²) in [6.45, 7) is 6.85. The molecule has 54 valence electrons. The van der Waals surface area contributed by atoms with Crippen molar-refractivity contribution in [3.63, 3.8) is 0 Å². The fraction of sp³-hybridized carbons (Fsp3) is 0.429. The molecule has 0 radical (unpaired) electrons. The SMILES string of the molecule is C[Si](C)(C)c1cncnc1. The van der Waals surface area contributed by atoms with Crippen LogP contribution in [0.2, 0.25) is 19.6 Å². The maximum absolute atomic E-state index is 3.97. The van der Waals surface area contributed by atoms with E-state index in [1.807, 2.05) is 12.4 Å². The molecule has 0 aliphatic rings. The van der Waals surface area contributed by atoms with Gasteiger partial charge in [-0.2, -0.15) is 0 Å². The first kappa shape index (κ1) is 7.40. The number of nitrogens with zero attached hydrogens (tertiary/aromatic N) is 2. The van der Waals surface area contributed by atoms with E-state index in [9.17, 15) is 0 Å². The Morgan fingerprint density at radius 2 is 1.60 bits per heavy atom. The molecule has 0 aliphatic heterocycles. The minimum atomic E-state index is -1.16. The number of rotatable bonds is 1. The van der Waals surface area contributed by atoms with E-state index in [1.54, 1.807) is 6.33 Å². The van der Waals surface area contributed by atoms with Crippen LogP contribution in [0.15, 0.2) is 18.7 Å². The van der Waals surface area contributed by atoms with Gasteiger partial charge in [0.15, 0.2) is 0 Å². The Morgan fingerprint density at radius 3 is 1.90 bits per heavy atom. The van der Waals surface area contributed by atoms with E-state index in [4.69, 9.17) is 0 Å². The van der Waals surface area contributed by atoms with Gasteiger partial charge in [0.05, 0.1) is 8.07 Å². The molecule has 0 spiro atoms. The second-order valence-corrected chi connectivity index (χ2v) is 8.45. The van der Waals surface area contributed by atoms with Gasteiger partial charge in [-0.05, 0) is 5.19 Å². The predicted octanol–water partition coefficient (Wildman–Crippen LogP) is 1.02. The van der Waals surface area contributed by atoms with Gasteiger partial charge < -0.3 is 0 Å². The molecule has 0 saturated heterocycles. The van der Waals surface area contributed by atoms with Gasteiger partial charge in [-0.3, -0.25) is 0 Å². The quantitative estimate of drug-likeness (QED) is 0.562. The van der Waals surface area contributed by atoms with Gasteiger partial charge in [-0.1, -0.05) is 19.6 Å². The predicted molar refractivity (Wildman–Crippen MR) is 45.0 cm³/mol. The highest BCUT2D eigenvalue weighted by atomic mass is 28.3. The van der Waals surface area contributed by atoms with Gasteiger partial charge in [0, 0.05) is 12.4 Å². The smallest absolute Gasteiger partial charge is 0.115 e. The largest absolute Gasteiger partial charge is 0.245 e. The number of aromatic nitrogens is 2. The Kier molecular flexibility index (Phi) is 1.85. The van der Waals surface area contributed by atoms with Crippen LogP contribution in [0.3, 0.4) is 0 Å². The van der Waals surface area contributed by atoms with Crippen molar-refractivity contribution in [1.29, 1.82) is 0 Å². The third-order valence-corrected chi connectivity index (χ3v) is 3.42. The molecule has 1 aromatic heterocycles. The average Bonchev–Trinajstić information content (AvgIpc) is 1.88. The van der Waals surface area contributed by atoms with Crippen molar-refractivity contribution < 1.29 is 0 Å². The first-order chi connectivity index (χ1) is 4.61. The Morgan fingerprint density at radius 1 is 1.10 bits per heavy atom. The fourth-order valence-electron chi connectivity index (χ4n) is 0.686. The summed E-state index contributed by atoms with van der Waals surface area (Å²) in [4.78, 5) is 7.95. The average molecular weight is 152 g/mol. The summed E-state index contributed by atoms with van der Waals surface area (Å²) in [5.41, 5.74) is 0. The molecule has 0 atom stereocenters. The molecular formula is C7H12N2Si. The summed E-state index contributed by atoms with van der Waals surface area (Å²) in [7, 11) is -1.16. The van der Waals surface area contributed by atoms with E-state index in [-0.39, 0.29) is 0 Å². The molecule has 0 aromatic carbocycles. The number of hydrogen-bond donors (Lipinski definition) is 0. The molecule has 10 heavy (non-hydrogen) atoms. The van der Waals surface area contributed by atoms with Gasteiger partial charge in [0.25, 0.3) is 0 Å². The van der Waals surface area contributed by atoms with Gasteiger partial charge >= 0.3 is 0 Å². The van der Waals surface area contributed by atoms with E-state index in [0.29, 0.717) is 0 Å². The zero-order valence-corrected chi connectivity index (χ0v) is 7.63. The topological polar surface area (TPSA) is 25.8 Å². The maximum atomic E-state index is 3.97. The van der Waals surface area contributed by atoms with Crippen molar-refractivity contribution in [1.82, 2.24) is 9.97 Å². The van der Waals surface area contributed by atoms with E-state index < -0.39 is 8.07 Å². The van der Waals surface area contributed by atoms with Gasteiger partial charge in [-0.15, -0.1) is 0 Å². The zero-order valence-electron chi connectivity index (χ0n) is 6.63. The van der Waals surface area contributed by atoms with Crippen LogP contribution in [0.25, 0.3) is 0 Å². The monoisotopic (exact) mass is 152 g/mol. The summed E-state index contributed by atoms with van der Waals surface area (Å²) in [6.07, 6.45) is 5.40. The normalized spacial score (nSPS) is 11.5. The van der Waals surface area contributed by atoms with Crippen molar-refractivity contribution in [2.24, 2.45) is 0 Å². The van der Waals surface area contributed by atoms with Crippen molar-refractivity contribution in [2.75, 3.05) is 0 Å². The molecule has 0 N–H and O–H groups in total. The molecule has 2 nitrogen and oxygen atoms in total. The maximum Gasteiger partial charge on any atom is 0.115 e. The second-order valence-electron chi connectivity index (χ2n) is 3.38. The summed E-state index contributed by atoms with van der Waals surface area (Å²) >= 11 is 0. The molecule has 1 heterocycles. The summed E-state index contributed by atoms with van der Waals surface area (Å²) in [5.74, 6) is 0. The van der Waals surface area contributed by atoms with E-state index in [1.165, 1.54) is 5.19 Å². The molecular weight excluding hydrogens is 140 g/mol. The molecule has 1 aromatic rings. The van der Waals surface area contributed by atoms with Crippen LogP contribution >= 0.6 is 0 Å². The van der Waals surface area contributed by atoms with Crippen molar-refractivity contribution in [2.45, 2.75) is 19.6 Å². The van der Waals surface area contributed by atoms with Crippen LogP contribution in [0.1, 0.15) is 0 Å². The van der Waals surface area contributed by atoms with Crippen LogP contribution < -0.4 is 5.19 Å². The van der Waals surface area contributed by atoms with Crippen molar-refractivity contribution in [3.8, 4) is 0 Å². The second kappa shape index (κ2) is 2.50. The van der Waals surface area contributed by atoms with Gasteiger partial charge in [0.1, 0.15) is 6.33 Å². The standard InChI is InChI=1S/C7H12N2Si/c1-10(2,3)7-4-8-6-9-5-7/h4-6H,1-3H3. The molecule has 3 heteroatoms. The summed E-state index contributed by atoms with van der Waals surface area (Å²) < 4.78 is 0. The van der Waals surface area contributed by atoms with Crippen molar-refractivity contribution >= 4 is 13.3 Å². The minimum Gasteiger partial charge on any atom is -0.245 e. The van der Waals surface area contributed by atoms with E-state index >= 15 is 0 Å². The molecule has 0 aliphatic carbocycles. The lowest BCUT2D eigenvalue weighted by molar-refractivity contribution is 1.18. The molecule has 0 saturated carbocycles. The summed E-state index contributed by atoms with van der Waals surface area (Å²) in [6, 6.07) is 0. The highest BCUT2D eigenvalue weighted by molar-refractivity contribution is 6.88. The Balaban J connectivity index is 2.97. The first-order valence-corrected chi connectivity index (χ1v) is 6.86. The van der Waals surface area contributed by atoms with E-state index in [0.717, 1.165) is 0 Å². The molecule has 1 rings (SSSR count). The highest BCUT2D eigenvalue weighted by Gasteiger charge is 2.15. The third kappa shape index (κ3) is 1.64. The lowest BCUT2D eigenvalue weighted by Crippen LogP contribution is -2.37. The highest BCUT2D eigenvalue weighted by Crippen LogP contribution is 1.98. The Labute approximate surface area is 62.3 Å². The summed E-state index contributed by atoms with van der Waals surface area (Å²) in [5, 5.41) is 1.31. The van der Waals surface area contributed by atoms with Crippen LogP contribution in [0.4, 0.5) is 0 Å². The van der Waals surface area contributed by atoms with Crippen LogP contribution in [0.5, 0.6) is 0 Å². The lowest BCUT2D eigenvalue weighted by Gasteiger charge is -2.13. The van der Waals surface area contributed by atoms with Crippen LogP contribution in [0, 0.1) is 0 Å². The minimum absolute atomic E-state index is 1.16. The van der Waals surface area contributed by atoms with Crippen LogP contribution in [-0.4, -0.2) is 18.0 Å². The molecule has 0 amide bonds. The lowest BCUT2D eigenvalue weighted by atomic mass is 10.7. The molecule has 0 bridgehead atoms. The zero-order chi connectivity index (χ0) is 7.61. The fourth-order valence-corrected chi connectivity index (χ4v) is 1.61. The van der Waals surface area contributed by atoms with Crippen LogP contribution in [-0.2, 0) is 0 Å². The van der Waals surface area contributed by atoms with Gasteiger partial charge in [-0.25, -0.2) is 9.97 Å².